The van der Waals surface area contributed by atoms with E-state index in [-0.39, 0.29) is 11.9 Å². The molecule has 1 unspecified atom stereocenters. The predicted molar refractivity (Wildman–Crippen MR) is 64.9 cm³/mol. The first-order chi connectivity index (χ1) is 8.18. The number of carbonyl (C=O) groups is 1. The number of hydrogen-bond acceptors (Lipinski definition) is 3. The lowest BCUT2D eigenvalue weighted by molar-refractivity contribution is -0.119. The summed E-state index contributed by atoms with van der Waals surface area (Å²) in [6.07, 6.45) is 5.16. The van der Waals surface area contributed by atoms with Crippen molar-refractivity contribution in [3.05, 3.63) is 11.3 Å². The second-order valence-electron chi connectivity index (χ2n) is 4.97. The highest BCUT2D eigenvalue weighted by atomic mass is 16.2. The van der Waals surface area contributed by atoms with Crippen molar-refractivity contribution < 1.29 is 4.79 Å². The number of hydrogen-bond donors (Lipinski definition) is 1. The Balaban J connectivity index is 2.09. The van der Waals surface area contributed by atoms with Crippen LogP contribution in [0.1, 0.15) is 30.5 Å². The lowest BCUT2D eigenvalue weighted by Gasteiger charge is -2.20. The Kier molecular flexibility index (Phi) is 2.43. The minimum Gasteiger partial charge on any atom is -0.320 e. The van der Waals surface area contributed by atoms with Crippen molar-refractivity contribution in [2.45, 2.75) is 44.7 Å². The van der Waals surface area contributed by atoms with Gasteiger partial charge in [0.15, 0.2) is 0 Å². The number of likely N-dealkylation sites (N-methyl/N-ethyl adjacent to an activating group) is 1. The molecule has 0 spiro atoms. The summed E-state index contributed by atoms with van der Waals surface area (Å²) in [5.41, 5.74) is 8.30. The molecule has 1 aliphatic heterocycles. The van der Waals surface area contributed by atoms with E-state index in [0.29, 0.717) is 6.42 Å². The lowest BCUT2D eigenvalue weighted by atomic mass is 9.97. The molecule has 0 radical (unpaired) electrons. The van der Waals surface area contributed by atoms with E-state index < -0.39 is 0 Å². The maximum Gasteiger partial charge on any atom is 0.244 e. The molecule has 3 rings (SSSR count). The standard InChI is InChI=1S/C12H18N4O/c1-15-11-8-4-2-3-5-10(8)14-16(11)7-6-9(13)12(15)17/h9H,2-7,13H2,1H3. The Morgan fingerprint density at radius 3 is 2.94 bits per heavy atom. The zero-order valence-corrected chi connectivity index (χ0v) is 10.1. The van der Waals surface area contributed by atoms with Crippen LogP contribution in [0.2, 0.25) is 0 Å². The first-order valence-corrected chi connectivity index (χ1v) is 6.30. The number of fused-ring (bicyclic) bond motifs is 3. The highest BCUT2D eigenvalue weighted by Crippen LogP contribution is 2.31. The summed E-state index contributed by atoms with van der Waals surface area (Å²) in [6, 6.07) is -0.388. The number of nitrogens with zero attached hydrogens (tertiary/aromatic N) is 3. The molecule has 0 saturated heterocycles. The summed E-state index contributed by atoms with van der Waals surface area (Å²) < 4.78 is 1.97. The van der Waals surface area contributed by atoms with Crippen LogP contribution in [0.4, 0.5) is 5.82 Å². The Labute approximate surface area is 101 Å². The van der Waals surface area contributed by atoms with Crippen molar-refractivity contribution in [2.75, 3.05) is 11.9 Å². The van der Waals surface area contributed by atoms with E-state index in [9.17, 15) is 4.79 Å². The molecule has 0 aromatic carbocycles. The second-order valence-corrected chi connectivity index (χ2v) is 4.97. The number of carbonyl (C=O) groups excluding carboxylic acids is 1. The van der Waals surface area contributed by atoms with Crippen LogP contribution >= 0.6 is 0 Å². The smallest absolute Gasteiger partial charge is 0.244 e. The average molecular weight is 234 g/mol. The van der Waals surface area contributed by atoms with Crippen molar-refractivity contribution in [3.63, 3.8) is 0 Å². The molecule has 0 saturated carbocycles. The normalized spacial score (nSPS) is 24.2. The zero-order valence-electron chi connectivity index (χ0n) is 10.1. The number of nitrogens with two attached hydrogens (primary N) is 1. The molecule has 2 heterocycles. The van der Waals surface area contributed by atoms with E-state index in [2.05, 4.69) is 5.10 Å². The number of anilines is 1. The highest BCUT2D eigenvalue weighted by molar-refractivity contribution is 5.97. The third-order valence-corrected chi connectivity index (χ3v) is 3.81. The molecule has 17 heavy (non-hydrogen) atoms. The van der Waals surface area contributed by atoms with Crippen LogP contribution in [-0.4, -0.2) is 28.8 Å². The quantitative estimate of drug-likeness (QED) is 0.709. The molecule has 5 heteroatoms. The van der Waals surface area contributed by atoms with Crippen LogP contribution in [0.15, 0.2) is 0 Å². The predicted octanol–water partition coefficient (Wildman–Crippen LogP) is 0.456. The van der Waals surface area contributed by atoms with Crippen LogP contribution in [0.5, 0.6) is 0 Å². The average Bonchev–Trinajstić information content (AvgIpc) is 2.67. The SMILES string of the molecule is CN1C(=O)C(N)CCn2nc3c(c21)CCCC3. The fourth-order valence-corrected chi connectivity index (χ4v) is 2.86. The van der Waals surface area contributed by atoms with Gasteiger partial charge >= 0.3 is 0 Å². The summed E-state index contributed by atoms with van der Waals surface area (Å²) in [5, 5.41) is 4.64. The van der Waals surface area contributed by atoms with E-state index in [0.717, 1.165) is 25.2 Å². The van der Waals surface area contributed by atoms with E-state index >= 15 is 0 Å². The maximum absolute atomic E-state index is 12.1. The van der Waals surface area contributed by atoms with Gasteiger partial charge in [-0.15, -0.1) is 0 Å². The molecule has 2 N–H and O–H groups in total. The third kappa shape index (κ3) is 1.57. The van der Waals surface area contributed by atoms with Gasteiger partial charge in [0, 0.05) is 19.2 Å². The maximum atomic E-state index is 12.1. The van der Waals surface area contributed by atoms with Crippen molar-refractivity contribution in [2.24, 2.45) is 5.73 Å². The first-order valence-electron chi connectivity index (χ1n) is 6.30. The van der Waals surface area contributed by atoms with Gasteiger partial charge in [-0.25, -0.2) is 4.68 Å². The molecule has 1 aromatic heterocycles. The van der Waals surface area contributed by atoms with Gasteiger partial charge in [-0.2, -0.15) is 5.10 Å². The Hall–Kier alpha value is -1.36. The fraction of sp³-hybridized carbons (Fsp3) is 0.667. The molecule has 1 amide bonds. The van der Waals surface area contributed by atoms with E-state index in [4.69, 9.17) is 5.73 Å². The number of aryl methyl sites for hydroxylation is 2. The number of amides is 1. The van der Waals surface area contributed by atoms with E-state index in [1.54, 1.807) is 4.90 Å². The molecular weight excluding hydrogens is 216 g/mol. The van der Waals surface area contributed by atoms with Crippen LogP contribution < -0.4 is 10.6 Å². The van der Waals surface area contributed by atoms with Crippen LogP contribution in [0.25, 0.3) is 0 Å². The van der Waals surface area contributed by atoms with E-state index in [1.807, 2.05) is 11.7 Å². The van der Waals surface area contributed by atoms with Gasteiger partial charge in [0.25, 0.3) is 0 Å². The number of rotatable bonds is 0. The lowest BCUT2D eigenvalue weighted by Crippen LogP contribution is -2.41. The second kappa shape index (κ2) is 3.84. The fourth-order valence-electron chi connectivity index (χ4n) is 2.86. The molecule has 1 aliphatic carbocycles. The molecule has 0 fully saturated rings. The summed E-state index contributed by atoms with van der Waals surface area (Å²) in [5.74, 6) is 0.995. The van der Waals surface area contributed by atoms with Crippen LogP contribution in [0, 0.1) is 0 Å². The summed E-state index contributed by atoms with van der Waals surface area (Å²) in [7, 11) is 1.82. The van der Waals surface area contributed by atoms with Gasteiger partial charge in [-0.3, -0.25) is 9.69 Å². The van der Waals surface area contributed by atoms with Crippen LogP contribution in [0.3, 0.4) is 0 Å². The van der Waals surface area contributed by atoms with Crippen LogP contribution in [-0.2, 0) is 24.2 Å². The highest BCUT2D eigenvalue weighted by Gasteiger charge is 2.31. The van der Waals surface area contributed by atoms with Gasteiger partial charge in [0.2, 0.25) is 5.91 Å². The van der Waals surface area contributed by atoms with Gasteiger partial charge in [-0.1, -0.05) is 0 Å². The third-order valence-electron chi connectivity index (χ3n) is 3.81. The Morgan fingerprint density at radius 1 is 1.35 bits per heavy atom. The molecule has 2 aliphatic rings. The minimum atomic E-state index is -0.388. The molecular formula is C12H18N4O. The topological polar surface area (TPSA) is 64.2 Å². The molecule has 5 nitrogen and oxygen atoms in total. The van der Waals surface area contributed by atoms with Crippen molar-refractivity contribution in [1.29, 1.82) is 0 Å². The first kappa shape index (κ1) is 10.8. The molecule has 1 aromatic rings. The molecule has 92 valence electrons. The van der Waals surface area contributed by atoms with Gasteiger partial charge < -0.3 is 5.73 Å². The van der Waals surface area contributed by atoms with Gasteiger partial charge in [-0.05, 0) is 32.1 Å². The molecule has 0 bridgehead atoms. The van der Waals surface area contributed by atoms with Gasteiger partial charge in [0.1, 0.15) is 5.82 Å². The van der Waals surface area contributed by atoms with Gasteiger partial charge in [0.05, 0.1) is 11.7 Å². The summed E-state index contributed by atoms with van der Waals surface area (Å²) in [6.45, 7) is 0.750. The largest absolute Gasteiger partial charge is 0.320 e. The van der Waals surface area contributed by atoms with Crippen molar-refractivity contribution >= 4 is 11.7 Å². The summed E-state index contributed by atoms with van der Waals surface area (Å²) in [4.78, 5) is 13.8. The number of aromatic nitrogens is 2. The minimum absolute atomic E-state index is 0.0111. The summed E-state index contributed by atoms with van der Waals surface area (Å²) >= 11 is 0. The Bertz CT molecular complexity index is 465. The molecule has 1 atom stereocenters. The van der Waals surface area contributed by atoms with Crippen molar-refractivity contribution in [3.8, 4) is 0 Å². The van der Waals surface area contributed by atoms with Crippen molar-refractivity contribution in [1.82, 2.24) is 9.78 Å². The monoisotopic (exact) mass is 234 g/mol. The zero-order chi connectivity index (χ0) is 12.0. The van der Waals surface area contributed by atoms with E-state index in [1.165, 1.54) is 24.1 Å². The Morgan fingerprint density at radius 2 is 2.12 bits per heavy atom.